The molecule has 0 aromatic heterocycles. The molecule has 0 saturated carbocycles. The van der Waals surface area contributed by atoms with Crippen molar-refractivity contribution >= 4 is 21.6 Å². The molecule has 0 radical (unpaired) electrons. The molecule has 106 valence electrons. The molecule has 0 bridgehead atoms. The number of piperidine rings is 1. The van der Waals surface area contributed by atoms with Gasteiger partial charge in [0, 0.05) is 25.2 Å². The van der Waals surface area contributed by atoms with Gasteiger partial charge in [0.15, 0.2) is 0 Å². The fourth-order valence-electron chi connectivity index (χ4n) is 2.39. The van der Waals surface area contributed by atoms with Crippen molar-refractivity contribution < 1.29 is 13.2 Å². The Labute approximate surface area is 119 Å². The number of sulfonamides is 1. The smallest absolute Gasteiger partial charge is 0.243 e. The number of halogens is 1. The van der Waals surface area contributed by atoms with E-state index in [-0.39, 0.29) is 10.8 Å². The first kappa shape index (κ1) is 14.8. The summed E-state index contributed by atoms with van der Waals surface area (Å²) in [6.45, 7) is 1.68. The highest BCUT2D eigenvalue weighted by molar-refractivity contribution is 7.89. The molecule has 1 aliphatic heterocycles. The van der Waals surface area contributed by atoms with Crippen LogP contribution in [0, 0.1) is 5.92 Å². The topological polar surface area (TPSA) is 46.6 Å². The zero-order valence-corrected chi connectivity index (χ0v) is 12.5. The van der Waals surface area contributed by atoms with Crippen LogP contribution in [0.2, 0.25) is 5.02 Å². The number of benzene rings is 1. The molecule has 0 N–H and O–H groups in total. The lowest BCUT2D eigenvalue weighted by molar-refractivity contribution is 0.118. The second-order valence-electron chi connectivity index (χ2n) is 4.78. The van der Waals surface area contributed by atoms with E-state index in [2.05, 4.69) is 0 Å². The minimum atomic E-state index is -3.44. The molecule has 19 heavy (non-hydrogen) atoms. The second kappa shape index (κ2) is 6.22. The number of nitrogens with zero attached hydrogens (tertiary/aromatic N) is 1. The number of rotatable bonds is 4. The Balaban J connectivity index is 2.19. The van der Waals surface area contributed by atoms with Gasteiger partial charge in [-0.1, -0.05) is 17.7 Å². The molecule has 1 aromatic carbocycles. The van der Waals surface area contributed by atoms with Gasteiger partial charge in [-0.15, -0.1) is 0 Å². The number of ether oxygens (including phenoxy) is 1. The van der Waals surface area contributed by atoms with Crippen molar-refractivity contribution in [1.29, 1.82) is 0 Å². The van der Waals surface area contributed by atoms with Crippen LogP contribution in [-0.4, -0.2) is 39.5 Å². The number of methoxy groups -OCH3 is 1. The lowest BCUT2D eigenvalue weighted by Gasteiger charge is -2.31. The molecular formula is C13H18ClNO3S. The molecule has 6 heteroatoms. The molecular weight excluding hydrogens is 286 g/mol. The average Bonchev–Trinajstić information content (AvgIpc) is 2.39. The molecule has 4 nitrogen and oxygen atoms in total. The van der Waals surface area contributed by atoms with Crippen molar-refractivity contribution in [3.63, 3.8) is 0 Å². The third-order valence-electron chi connectivity index (χ3n) is 3.32. The van der Waals surface area contributed by atoms with Gasteiger partial charge in [-0.3, -0.25) is 0 Å². The Morgan fingerprint density at radius 2 is 2.26 bits per heavy atom. The quantitative estimate of drug-likeness (QED) is 0.858. The van der Waals surface area contributed by atoms with Gasteiger partial charge in [-0.25, -0.2) is 8.42 Å². The van der Waals surface area contributed by atoms with Crippen molar-refractivity contribution in [1.82, 2.24) is 4.31 Å². The Bertz CT molecular complexity index is 530. The maximum atomic E-state index is 12.5. The van der Waals surface area contributed by atoms with Gasteiger partial charge in [0.1, 0.15) is 0 Å². The summed E-state index contributed by atoms with van der Waals surface area (Å²) in [5.41, 5.74) is 0. The molecule has 1 unspecified atom stereocenters. The van der Waals surface area contributed by atoms with Crippen LogP contribution in [0.25, 0.3) is 0 Å². The lowest BCUT2D eigenvalue weighted by atomic mass is 10.0. The van der Waals surface area contributed by atoms with E-state index < -0.39 is 10.0 Å². The Morgan fingerprint density at radius 1 is 1.47 bits per heavy atom. The molecule has 1 atom stereocenters. The predicted octanol–water partition coefficient (Wildman–Crippen LogP) is 2.39. The molecule has 1 aromatic rings. The summed E-state index contributed by atoms with van der Waals surface area (Å²) in [7, 11) is -1.80. The molecule has 1 heterocycles. The van der Waals surface area contributed by atoms with Gasteiger partial charge in [-0.05, 0) is 37.0 Å². The summed E-state index contributed by atoms with van der Waals surface area (Å²) in [6.07, 6.45) is 1.88. The third-order valence-corrected chi connectivity index (χ3v) is 5.41. The van der Waals surface area contributed by atoms with Gasteiger partial charge < -0.3 is 4.74 Å². The first-order valence-electron chi connectivity index (χ1n) is 6.28. The van der Waals surface area contributed by atoms with E-state index in [4.69, 9.17) is 16.3 Å². The van der Waals surface area contributed by atoms with Gasteiger partial charge >= 0.3 is 0 Å². The van der Waals surface area contributed by atoms with Crippen LogP contribution in [0.5, 0.6) is 0 Å². The zero-order valence-electron chi connectivity index (χ0n) is 10.9. The normalized spacial score (nSPS) is 21.5. The van der Waals surface area contributed by atoms with Crippen LogP contribution >= 0.6 is 11.6 Å². The van der Waals surface area contributed by atoms with E-state index in [0.29, 0.717) is 24.7 Å². The highest BCUT2D eigenvalue weighted by atomic mass is 35.5. The van der Waals surface area contributed by atoms with Gasteiger partial charge in [0.25, 0.3) is 0 Å². The average molecular weight is 304 g/mol. The minimum Gasteiger partial charge on any atom is -0.384 e. The first-order valence-corrected chi connectivity index (χ1v) is 8.10. The van der Waals surface area contributed by atoms with Crippen LogP contribution < -0.4 is 0 Å². The van der Waals surface area contributed by atoms with Gasteiger partial charge in [0.2, 0.25) is 10.0 Å². The maximum absolute atomic E-state index is 12.5. The van der Waals surface area contributed by atoms with Crippen LogP contribution in [0.4, 0.5) is 0 Å². The standard InChI is InChI=1S/C13H18ClNO3S/c1-18-10-11-4-3-7-15(9-11)19(16,17)13-6-2-5-12(14)8-13/h2,5-6,8,11H,3-4,7,9-10H2,1H3. The van der Waals surface area contributed by atoms with Crippen LogP contribution in [0.15, 0.2) is 29.2 Å². The fourth-order valence-corrected chi connectivity index (χ4v) is 4.25. The summed E-state index contributed by atoms with van der Waals surface area (Å²) < 4.78 is 31.7. The lowest BCUT2D eigenvalue weighted by Crippen LogP contribution is -2.41. The van der Waals surface area contributed by atoms with Crippen molar-refractivity contribution in [2.45, 2.75) is 17.7 Å². The van der Waals surface area contributed by atoms with E-state index in [1.54, 1.807) is 25.3 Å². The van der Waals surface area contributed by atoms with Gasteiger partial charge in [-0.2, -0.15) is 4.31 Å². The Morgan fingerprint density at radius 3 is 2.95 bits per heavy atom. The molecule has 0 aliphatic carbocycles. The number of hydrogen-bond donors (Lipinski definition) is 0. The Hall–Kier alpha value is -0.620. The van der Waals surface area contributed by atoms with E-state index in [1.807, 2.05) is 0 Å². The summed E-state index contributed by atoms with van der Waals surface area (Å²) in [6, 6.07) is 6.41. The zero-order chi connectivity index (χ0) is 13.9. The van der Waals surface area contributed by atoms with Crippen molar-refractivity contribution in [2.24, 2.45) is 5.92 Å². The van der Waals surface area contributed by atoms with E-state index in [1.165, 1.54) is 10.4 Å². The Kier molecular flexibility index (Phi) is 4.84. The fraction of sp³-hybridized carbons (Fsp3) is 0.538. The highest BCUT2D eigenvalue weighted by Gasteiger charge is 2.30. The largest absolute Gasteiger partial charge is 0.384 e. The third kappa shape index (κ3) is 3.48. The number of hydrogen-bond acceptors (Lipinski definition) is 3. The molecule has 0 amide bonds. The van der Waals surface area contributed by atoms with Gasteiger partial charge in [0.05, 0.1) is 11.5 Å². The van der Waals surface area contributed by atoms with E-state index >= 15 is 0 Å². The highest BCUT2D eigenvalue weighted by Crippen LogP contribution is 2.25. The molecule has 1 aliphatic rings. The van der Waals surface area contributed by atoms with Crippen LogP contribution in [-0.2, 0) is 14.8 Å². The van der Waals surface area contributed by atoms with Crippen molar-refractivity contribution in [2.75, 3.05) is 26.8 Å². The van der Waals surface area contributed by atoms with E-state index in [9.17, 15) is 8.42 Å². The van der Waals surface area contributed by atoms with Crippen LogP contribution in [0.3, 0.4) is 0 Å². The second-order valence-corrected chi connectivity index (χ2v) is 7.16. The summed E-state index contributed by atoms with van der Waals surface area (Å²) >= 11 is 5.87. The first-order chi connectivity index (χ1) is 9.04. The van der Waals surface area contributed by atoms with Crippen LogP contribution in [0.1, 0.15) is 12.8 Å². The molecule has 2 rings (SSSR count). The molecule has 1 fully saturated rings. The predicted molar refractivity (Wildman–Crippen MR) is 74.8 cm³/mol. The van der Waals surface area contributed by atoms with E-state index in [0.717, 1.165) is 12.8 Å². The molecule has 1 saturated heterocycles. The monoisotopic (exact) mass is 303 g/mol. The molecule has 0 spiro atoms. The SMILES string of the molecule is COCC1CCCN(S(=O)(=O)c2cccc(Cl)c2)C1. The summed E-state index contributed by atoms with van der Waals surface area (Å²) in [5, 5.41) is 0.437. The summed E-state index contributed by atoms with van der Waals surface area (Å²) in [5.74, 6) is 0.271. The summed E-state index contributed by atoms with van der Waals surface area (Å²) in [4.78, 5) is 0.262. The minimum absolute atomic E-state index is 0.262. The van der Waals surface area contributed by atoms with Crippen molar-refractivity contribution in [3.8, 4) is 0 Å². The van der Waals surface area contributed by atoms with Crippen molar-refractivity contribution in [3.05, 3.63) is 29.3 Å². The maximum Gasteiger partial charge on any atom is 0.243 e.